The average Bonchev–Trinajstić information content (AvgIpc) is 3.32. The summed E-state index contributed by atoms with van der Waals surface area (Å²) in [5, 5.41) is 0. The van der Waals surface area contributed by atoms with E-state index in [1.165, 1.54) is 0 Å². The van der Waals surface area contributed by atoms with Crippen molar-refractivity contribution in [2.24, 2.45) is 0 Å². The molecular formula is C16H18N2O2S. The zero-order valence-electron chi connectivity index (χ0n) is 11.6. The summed E-state index contributed by atoms with van der Waals surface area (Å²) in [7, 11) is -3.44. The van der Waals surface area contributed by atoms with Crippen molar-refractivity contribution in [1.82, 2.24) is 4.31 Å². The lowest BCUT2D eigenvalue weighted by Gasteiger charge is -2.22. The molecule has 0 aromatic heterocycles. The van der Waals surface area contributed by atoms with Crippen LogP contribution in [-0.2, 0) is 16.6 Å². The maximum absolute atomic E-state index is 12.8. The standard InChI is InChI=1S/C16H18N2O2S/c17-14-8-6-13(7-9-14)12-18(15-10-11-15)21(19,20)16-4-2-1-3-5-16/h1-9,15H,10-12,17H2. The van der Waals surface area contributed by atoms with Gasteiger partial charge in [-0.05, 0) is 42.7 Å². The van der Waals surface area contributed by atoms with Crippen LogP contribution in [0.15, 0.2) is 59.5 Å². The fraction of sp³-hybridized carbons (Fsp3) is 0.250. The Morgan fingerprint density at radius 1 is 1.00 bits per heavy atom. The average molecular weight is 302 g/mol. The molecule has 1 aliphatic carbocycles. The Morgan fingerprint density at radius 3 is 2.19 bits per heavy atom. The van der Waals surface area contributed by atoms with E-state index in [2.05, 4.69) is 0 Å². The van der Waals surface area contributed by atoms with E-state index < -0.39 is 10.0 Å². The Balaban J connectivity index is 1.90. The summed E-state index contributed by atoms with van der Waals surface area (Å²) in [5.74, 6) is 0. The lowest BCUT2D eigenvalue weighted by molar-refractivity contribution is 0.398. The van der Waals surface area contributed by atoms with Gasteiger partial charge in [-0.25, -0.2) is 8.42 Å². The van der Waals surface area contributed by atoms with Crippen molar-refractivity contribution in [2.75, 3.05) is 5.73 Å². The second-order valence-corrected chi connectivity index (χ2v) is 7.23. The van der Waals surface area contributed by atoms with Gasteiger partial charge in [0.1, 0.15) is 0 Å². The van der Waals surface area contributed by atoms with Crippen molar-refractivity contribution in [3.05, 3.63) is 60.2 Å². The van der Waals surface area contributed by atoms with Gasteiger partial charge in [-0.3, -0.25) is 0 Å². The van der Waals surface area contributed by atoms with Crippen molar-refractivity contribution in [1.29, 1.82) is 0 Å². The van der Waals surface area contributed by atoms with Crippen LogP contribution in [0.4, 0.5) is 5.69 Å². The summed E-state index contributed by atoms with van der Waals surface area (Å²) in [6.07, 6.45) is 1.86. The number of rotatable bonds is 5. The van der Waals surface area contributed by atoms with Crippen LogP contribution in [0.5, 0.6) is 0 Å². The molecule has 1 fully saturated rings. The van der Waals surface area contributed by atoms with Gasteiger partial charge >= 0.3 is 0 Å². The van der Waals surface area contributed by atoms with Gasteiger partial charge in [-0.15, -0.1) is 0 Å². The molecule has 2 aromatic rings. The summed E-state index contributed by atoms with van der Waals surface area (Å²) >= 11 is 0. The first-order valence-electron chi connectivity index (χ1n) is 6.99. The number of nitrogens with zero attached hydrogens (tertiary/aromatic N) is 1. The van der Waals surface area contributed by atoms with Crippen molar-refractivity contribution in [3.8, 4) is 0 Å². The van der Waals surface area contributed by atoms with Gasteiger partial charge in [0.2, 0.25) is 10.0 Å². The van der Waals surface area contributed by atoms with Crippen molar-refractivity contribution >= 4 is 15.7 Å². The largest absolute Gasteiger partial charge is 0.399 e. The van der Waals surface area contributed by atoms with Gasteiger partial charge in [0.25, 0.3) is 0 Å². The molecule has 21 heavy (non-hydrogen) atoms. The van der Waals surface area contributed by atoms with Gasteiger partial charge in [0, 0.05) is 18.3 Å². The van der Waals surface area contributed by atoms with E-state index >= 15 is 0 Å². The Labute approximate surface area is 125 Å². The number of benzene rings is 2. The fourth-order valence-corrected chi connectivity index (χ4v) is 4.00. The van der Waals surface area contributed by atoms with Crippen molar-refractivity contribution in [2.45, 2.75) is 30.3 Å². The zero-order valence-corrected chi connectivity index (χ0v) is 12.5. The molecule has 0 unspecified atom stereocenters. The van der Waals surface area contributed by atoms with Gasteiger partial charge in [-0.2, -0.15) is 4.31 Å². The Kier molecular flexibility index (Phi) is 3.69. The summed E-state index contributed by atoms with van der Waals surface area (Å²) in [5.41, 5.74) is 7.31. The van der Waals surface area contributed by atoms with Crippen LogP contribution < -0.4 is 5.73 Å². The number of nitrogens with two attached hydrogens (primary N) is 1. The molecule has 4 nitrogen and oxygen atoms in total. The number of nitrogen functional groups attached to an aromatic ring is 1. The molecule has 3 rings (SSSR count). The van der Waals surface area contributed by atoms with Crippen LogP contribution in [-0.4, -0.2) is 18.8 Å². The summed E-state index contributed by atoms with van der Waals surface area (Å²) < 4.78 is 27.2. The second kappa shape index (κ2) is 5.50. The Hall–Kier alpha value is -1.85. The minimum Gasteiger partial charge on any atom is -0.399 e. The molecular weight excluding hydrogens is 284 g/mol. The zero-order chi connectivity index (χ0) is 14.9. The third kappa shape index (κ3) is 3.09. The highest BCUT2D eigenvalue weighted by Crippen LogP contribution is 2.33. The maximum atomic E-state index is 12.8. The van der Waals surface area contributed by atoms with E-state index in [-0.39, 0.29) is 6.04 Å². The molecule has 1 saturated carbocycles. The Morgan fingerprint density at radius 2 is 1.62 bits per heavy atom. The fourth-order valence-electron chi connectivity index (χ4n) is 2.30. The predicted molar refractivity (Wildman–Crippen MR) is 83.0 cm³/mol. The van der Waals surface area contributed by atoms with E-state index in [0.717, 1.165) is 18.4 Å². The second-order valence-electron chi connectivity index (χ2n) is 5.34. The maximum Gasteiger partial charge on any atom is 0.243 e. The summed E-state index contributed by atoms with van der Waals surface area (Å²) in [4.78, 5) is 0.354. The van der Waals surface area contributed by atoms with Crippen LogP contribution in [0, 0.1) is 0 Å². The van der Waals surface area contributed by atoms with Gasteiger partial charge in [0.15, 0.2) is 0 Å². The third-order valence-corrected chi connectivity index (χ3v) is 5.53. The molecule has 5 heteroatoms. The minimum atomic E-state index is -3.44. The van der Waals surface area contributed by atoms with E-state index in [1.807, 2.05) is 18.2 Å². The molecule has 0 atom stereocenters. The van der Waals surface area contributed by atoms with Crippen molar-refractivity contribution in [3.63, 3.8) is 0 Å². The molecule has 1 aliphatic rings. The van der Waals surface area contributed by atoms with Crippen LogP contribution in [0.3, 0.4) is 0 Å². The molecule has 0 amide bonds. The SMILES string of the molecule is Nc1ccc(CN(C2CC2)S(=O)(=O)c2ccccc2)cc1. The lowest BCUT2D eigenvalue weighted by atomic mass is 10.2. The van der Waals surface area contributed by atoms with Crippen LogP contribution >= 0.6 is 0 Å². The highest BCUT2D eigenvalue weighted by atomic mass is 32.2. The van der Waals surface area contributed by atoms with Gasteiger partial charge < -0.3 is 5.73 Å². The molecule has 0 heterocycles. The topological polar surface area (TPSA) is 63.4 Å². The molecule has 0 radical (unpaired) electrons. The van der Waals surface area contributed by atoms with Gasteiger partial charge in [0.05, 0.1) is 4.90 Å². The highest BCUT2D eigenvalue weighted by Gasteiger charge is 2.37. The first kappa shape index (κ1) is 14.1. The number of anilines is 1. The van der Waals surface area contributed by atoms with E-state index in [0.29, 0.717) is 17.1 Å². The molecule has 2 N–H and O–H groups in total. The molecule has 0 saturated heterocycles. The first-order valence-corrected chi connectivity index (χ1v) is 8.43. The van der Waals surface area contributed by atoms with Crippen molar-refractivity contribution < 1.29 is 8.42 Å². The quantitative estimate of drug-likeness (QED) is 0.864. The van der Waals surface area contributed by atoms with E-state index in [9.17, 15) is 8.42 Å². The molecule has 2 aromatic carbocycles. The number of hydrogen-bond donors (Lipinski definition) is 1. The lowest BCUT2D eigenvalue weighted by Crippen LogP contribution is -2.32. The normalized spacial score (nSPS) is 15.3. The minimum absolute atomic E-state index is 0.118. The number of sulfonamides is 1. The predicted octanol–water partition coefficient (Wildman–Crippen LogP) is 2.62. The van der Waals surface area contributed by atoms with Crippen LogP contribution in [0.2, 0.25) is 0 Å². The van der Waals surface area contributed by atoms with Crippen LogP contribution in [0.1, 0.15) is 18.4 Å². The summed E-state index contributed by atoms with van der Waals surface area (Å²) in [6.45, 7) is 0.391. The third-order valence-electron chi connectivity index (χ3n) is 3.62. The smallest absolute Gasteiger partial charge is 0.243 e. The molecule has 110 valence electrons. The summed E-state index contributed by atoms with van der Waals surface area (Å²) in [6, 6.07) is 16.1. The molecule has 0 aliphatic heterocycles. The molecule has 0 spiro atoms. The highest BCUT2D eigenvalue weighted by molar-refractivity contribution is 7.89. The van der Waals surface area contributed by atoms with E-state index in [4.69, 9.17) is 5.73 Å². The van der Waals surface area contributed by atoms with Crippen LogP contribution in [0.25, 0.3) is 0 Å². The Bertz CT molecular complexity index is 708. The number of hydrogen-bond acceptors (Lipinski definition) is 3. The molecule has 0 bridgehead atoms. The van der Waals surface area contributed by atoms with E-state index in [1.54, 1.807) is 40.7 Å². The van der Waals surface area contributed by atoms with Gasteiger partial charge in [-0.1, -0.05) is 30.3 Å². The first-order chi connectivity index (χ1) is 10.1. The monoisotopic (exact) mass is 302 g/mol.